The van der Waals surface area contributed by atoms with Gasteiger partial charge in [0.2, 0.25) is 0 Å². The van der Waals surface area contributed by atoms with Crippen LogP contribution in [0.4, 0.5) is 4.79 Å². The lowest BCUT2D eigenvalue weighted by Crippen LogP contribution is -2.46. The van der Waals surface area contributed by atoms with Gasteiger partial charge in [0.05, 0.1) is 19.1 Å². The Hall–Kier alpha value is -2.97. The van der Waals surface area contributed by atoms with E-state index in [1.54, 1.807) is 0 Å². The lowest BCUT2D eigenvalue weighted by atomic mass is 9.97. The van der Waals surface area contributed by atoms with Gasteiger partial charge in [-0.25, -0.2) is 4.79 Å². The van der Waals surface area contributed by atoms with Crippen molar-refractivity contribution in [3.63, 3.8) is 0 Å². The molecule has 4 atom stereocenters. The van der Waals surface area contributed by atoms with Crippen molar-refractivity contribution in [3.8, 4) is 0 Å². The predicted octanol–water partition coefficient (Wildman–Crippen LogP) is 5.52. The summed E-state index contributed by atoms with van der Waals surface area (Å²) in [6.45, 7) is 11.8. The SMILES string of the molecule is C/C=C\C=C\C(C)c1ccccn1.CC1/C=C/CC(C)CCC(O)CC(=O)OC1.CN1CCN(C(=O)O)CC1. The zero-order valence-electron chi connectivity index (χ0n) is 24.4. The number of carbonyl (C=O) groups excluding carboxylic acids is 1. The Morgan fingerprint density at radius 2 is 1.87 bits per heavy atom. The standard InChI is InChI=1S/C13H22O3.C12H15N.C6H12N2O2/c1-10-4-3-5-11(2)9-16-13(15)8-12(14)7-6-10;1-3-4-5-8-11(2)12-9-6-7-10-13-12;1-7-2-4-8(5-3-7)6(9)10/h3,5,10-12,14H,4,6-9H2,1-2H3;3-11H,1-2H3;2-5H2,1H3,(H,9,10)/b5-3+;4-3-,8-5+;. The van der Waals surface area contributed by atoms with Gasteiger partial charge in [-0.05, 0) is 51.3 Å². The zero-order valence-corrected chi connectivity index (χ0v) is 24.4. The van der Waals surface area contributed by atoms with Gasteiger partial charge in [-0.2, -0.15) is 0 Å². The van der Waals surface area contributed by atoms with Crippen molar-refractivity contribution in [2.45, 2.75) is 65.4 Å². The molecule has 3 rings (SSSR count). The van der Waals surface area contributed by atoms with Gasteiger partial charge in [-0.15, -0.1) is 0 Å². The minimum atomic E-state index is -0.798. The molecule has 8 heteroatoms. The third-order valence-corrected chi connectivity index (χ3v) is 6.54. The Morgan fingerprint density at radius 1 is 1.15 bits per heavy atom. The molecule has 4 unspecified atom stereocenters. The normalized spacial score (nSPS) is 24.7. The van der Waals surface area contributed by atoms with Gasteiger partial charge < -0.3 is 24.7 Å². The number of cyclic esters (lactones) is 1. The second-order valence-electron chi connectivity index (χ2n) is 10.4. The van der Waals surface area contributed by atoms with Crippen molar-refractivity contribution in [1.82, 2.24) is 14.8 Å². The van der Waals surface area contributed by atoms with Crippen molar-refractivity contribution >= 4 is 12.1 Å². The van der Waals surface area contributed by atoms with E-state index in [-0.39, 0.29) is 18.3 Å². The molecule has 0 saturated carbocycles. The first kappa shape index (κ1) is 34.1. The highest BCUT2D eigenvalue weighted by Crippen LogP contribution is 2.16. The number of piperazine rings is 1. The van der Waals surface area contributed by atoms with Crippen LogP contribution in [-0.4, -0.2) is 83.0 Å². The van der Waals surface area contributed by atoms with Gasteiger partial charge in [0.1, 0.15) is 0 Å². The Kier molecular flexibility index (Phi) is 17.5. The van der Waals surface area contributed by atoms with Crippen LogP contribution in [0.3, 0.4) is 0 Å². The summed E-state index contributed by atoms with van der Waals surface area (Å²) in [7, 11) is 2.00. The average Bonchev–Trinajstić information content (AvgIpc) is 2.92. The smallest absolute Gasteiger partial charge is 0.407 e. The van der Waals surface area contributed by atoms with Crippen LogP contribution in [-0.2, 0) is 9.53 Å². The van der Waals surface area contributed by atoms with Crippen LogP contribution in [0, 0.1) is 11.8 Å². The Labute approximate surface area is 235 Å². The third kappa shape index (κ3) is 16.6. The summed E-state index contributed by atoms with van der Waals surface area (Å²) in [4.78, 5) is 29.5. The number of amides is 1. The maximum atomic E-state index is 11.3. The first-order valence-electron chi connectivity index (χ1n) is 14.0. The van der Waals surface area contributed by atoms with E-state index in [9.17, 15) is 14.7 Å². The van der Waals surface area contributed by atoms with Crippen molar-refractivity contribution in [3.05, 3.63) is 66.5 Å². The van der Waals surface area contributed by atoms with Gasteiger partial charge >= 0.3 is 12.1 Å². The molecule has 8 nitrogen and oxygen atoms in total. The summed E-state index contributed by atoms with van der Waals surface area (Å²) in [5, 5.41) is 18.2. The number of likely N-dealkylation sites (N-methyl/N-ethyl adjacent to an activating group) is 1. The van der Waals surface area contributed by atoms with E-state index in [0.717, 1.165) is 31.6 Å². The molecular weight excluding hydrogens is 494 g/mol. The Bertz CT molecular complexity index is 895. The van der Waals surface area contributed by atoms with E-state index in [2.05, 4.69) is 48.0 Å². The number of hydrogen-bond acceptors (Lipinski definition) is 6. The van der Waals surface area contributed by atoms with Crippen LogP contribution in [0.1, 0.15) is 65.0 Å². The first-order chi connectivity index (χ1) is 18.6. The molecule has 218 valence electrons. The number of aliphatic hydroxyl groups excluding tert-OH is 1. The average molecular weight is 544 g/mol. The second-order valence-corrected chi connectivity index (χ2v) is 10.4. The van der Waals surface area contributed by atoms with E-state index in [1.165, 1.54) is 4.90 Å². The molecule has 39 heavy (non-hydrogen) atoms. The van der Waals surface area contributed by atoms with Crippen LogP contribution in [0.5, 0.6) is 0 Å². The van der Waals surface area contributed by atoms with Gasteiger partial charge in [-0.1, -0.05) is 63.3 Å². The molecule has 0 aliphatic carbocycles. The quantitative estimate of drug-likeness (QED) is 0.294. The molecule has 1 amide bonds. The number of carboxylic acid groups (broad SMARTS) is 1. The van der Waals surface area contributed by atoms with Gasteiger partial charge in [0, 0.05) is 49.9 Å². The number of aliphatic hydroxyl groups is 1. The number of ether oxygens (including phenoxy) is 1. The fourth-order valence-electron chi connectivity index (χ4n) is 3.85. The molecule has 0 radical (unpaired) electrons. The molecule has 1 fully saturated rings. The summed E-state index contributed by atoms with van der Waals surface area (Å²) in [5.41, 5.74) is 1.11. The topological polar surface area (TPSA) is 103 Å². The Balaban J connectivity index is 0.000000300. The number of rotatable bonds is 3. The highest BCUT2D eigenvalue weighted by Gasteiger charge is 2.17. The van der Waals surface area contributed by atoms with Crippen molar-refractivity contribution in [2.24, 2.45) is 11.8 Å². The minimum absolute atomic E-state index is 0.128. The zero-order chi connectivity index (χ0) is 29.0. The molecule has 2 aliphatic heterocycles. The fourth-order valence-corrected chi connectivity index (χ4v) is 3.85. The van der Waals surface area contributed by atoms with Crippen LogP contribution >= 0.6 is 0 Å². The first-order valence-corrected chi connectivity index (χ1v) is 14.0. The number of aromatic nitrogens is 1. The summed E-state index contributed by atoms with van der Waals surface area (Å²) in [5.74, 6) is 0.916. The summed E-state index contributed by atoms with van der Waals surface area (Å²) in [6, 6.07) is 6.00. The van der Waals surface area contributed by atoms with Crippen LogP contribution < -0.4 is 0 Å². The number of carbonyl (C=O) groups is 2. The van der Waals surface area contributed by atoms with Crippen molar-refractivity contribution in [1.29, 1.82) is 0 Å². The molecule has 0 bridgehead atoms. The number of nitrogens with zero attached hydrogens (tertiary/aromatic N) is 3. The maximum absolute atomic E-state index is 11.3. The van der Waals surface area contributed by atoms with Crippen molar-refractivity contribution < 1.29 is 24.5 Å². The lowest BCUT2D eigenvalue weighted by molar-refractivity contribution is -0.146. The van der Waals surface area contributed by atoms with E-state index in [1.807, 2.05) is 57.4 Å². The second kappa shape index (κ2) is 20.0. The van der Waals surface area contributed by atoms with Gasteiger partial charge in [-0.3, -0.25) is 9.78 Å². The molecule has 1 aromatic heterocycles. The summed E-state index contributed by atoms with van der Waals surface area (Å²) >= 11 is 0. The Morgan fingerprint density at radius 3 is 2.49 bits per heavy atom. The minimum Gasteiger partial charge on any atom is -0.465 e. The third-order valence-electron chi connectivity index (χ3n) is 6.54. The number of esters is 1. The largest absolute Gasteiger partial charge is 0.465 e. The maximum Gasteiger partial charge on any atom is 0.407 e. The predicted molar refractivity (Wildman–Crippen MR) is 157 cm³/mol. The molecule has 3 heterocycles. The summed E-state index contributed by atoms with van der Waals surface area (Å²) < 4.78 is 5.07. The van der Waals surface area contributed by atoms with E-state index in [4.69, 9.17) is 9.84 Å². The van der Waals surface area contributed by atoms with E-state index >= 15 is 0 Å². The van der Waals surface area contributed by atoms with Crippen LogP contribution in [0.25, 0.3) is 0 Å². The molecule has 1 aromatic rings. The molecule has 2 aliphatic rings. The van der Waals surface area contributed by atoms with E-state index in [0.29, 0.717) is 38.0 Å². The van der Waals surface area contributed by atoms with E-state index < -0.39 is 12.2 Å². The molecule has 0 spiro atoms. The van der Waals surface area contributed by atoms with Crippen LogP contribution in [0.2, 0.25) is 0 Å². The molecule has 1 saturated heterocycles. The van der Waals surface area contributed by atoms with Crippen LogP contribution in [0.15, 0.2) is 60.9 Å². The number of pyridine rings is 1. The monoisotopic (exact) mass is 543 g/mol. The highest BCUT2D eigenvalue weighted by atomic mass is 16.5. The number of allylic oxidation sites excluding steroid dienone is 5. The highest BCUT2D eigenvalue weighted by molar-refractivity contribution is 5.69. The van der Waals surface area contributed by atoms with Gasteiger partial charge in [0.25, 0.3) is 0 Å². The molecule has 0 aromatic carbocycles. The van der Waals surface area contributed by atoms with Gasteiger partial charge in [0.15, 0.2) is 0 Å². The fraction of sp³-hybridized carbons (Fsp3) is 0.581. The summed E-state index contributed by atoms with van der Waals surface area (Å²) in [6.07, 6.45) is 15.8. The molecular formula is C31H49N3O5. The van der Waals surface area contributed by atoms with Crippen molar-refractivity contribution in [2.75, 3.05) is 39.8 Å². The molecule has 2 N–H and O–H groups in total. The number of hydrogen-bond donors (Lipinski definition) is 2. The lowest BCUT2D eigenvalue weighted by Gasteiger charge is -2.30.